The average molecular weight is 486 g/mol. The van der Waals surface area contributed by atoms with Gasteiger partial charge in [0.15, 0.2) is 0 Å². The zero-order chi connectivity index (χ0) is 21.1. The number of anilines is 4. The predicted molar refractivity (Wildman–Crippen MR) is 128 cm³/mol. The summed E-state index contributed by atoms with van der Waals surface area (Å²) < 4.78 is 0. The largest absolute Gasteiger partial charge is 0.397 e. The van der Waals surface area contributed by atoms with Gasteiger partial charge in [0.05, 0.1) is 43.5 Å². The first-order valence-electron chi connectivity index (χ1n) is 8.06. The number of nitrogen functional groups attached to an aromatic ring is 4. The molecule has 0 aliphatic carbocycles. The summed E-state index contributed by atoms with van der Waals surface area (Å²) >= 11 is 18.2. The summed E-state index contributed by atoms with van der Waals surface area (Å²) in [4.78, 5) is 0. The highest BCUT2D eigenvalue weighted by Crippen LogP contribution is 2.36. The number of rotatable bonds is 4. The molecule has 0 amide bonds. The second-order valence-corrected chi connectivity index (χ2v) is 7.12. The van der Waals surface area contributed by atoms with Gasteiger partial charge in [-0.2, -0.15) is 5.11 Å². The van der Waals surface area contributed by atoms with Gasteiger partial charge in [0.25, 0.3) is 0 Å². The van der Waals surface area contributed by atoms with E-state index >= 15 is 0 Å². The quantitative estimate of drug-likeness (QED) is 0.227. The van der Waals surface area contributed by atoms with Crippen molar-refractivity contribution in [3.05, 3.63) is 57.5 Å². The molecule has 8 N–H and O–H groups in total. The van der Waals surface area contributed by atoms with Crippen LogP contribution in [0, 0.1) is 0 Å². The highest BCUT2D eigenvalue weighted by molar-refractivity contribution is 6.34. The summed E-state index contributed by atoms with van der Waals surface area (Å²) in [5.74, 6) is 0. The molecule has 0 atom stereocenters. The van der Waals surface area contributed by atoms with Crippen LogP contribution in [0.2, 0.25) is 15.1 Å². The fourth-order valence-corrected chi connectivity index (χ4v) is 2.70. The summed E-state index contributed by atoms with van der Waals surface area (Å²) in [6.45, 7) is 0. The minimum atomic E-state index is 0. The van der Waals surface area contributed by atoms with Gasteiger partial charge < -0.3 is 22.9 Å². The molecule has 30 heavy (non-hydrogen) atoms. The van der Waals surface area contributed by atoms with Crippen LogP contribution in [0.15, 0.2) is 62.9 Å². The summed E-state index contributed by atoms with van der Waals surface area (Å²) in [7, 11) is 0. The van der Waals surface area contributed by atoms with E-state index in [2.05, 4.69) is 20.5 Å². The first-order valence-corrected chi connectivity index (χ1v) is 9.20. The van der Waals surface area contributed by atoms with Crippen molar-refractivity contribution in [1.29, 1.82) is 0 Å². The number of azo groups is 2. The first-order chi connectivity index (χ1) is 13.7. The molecule has 0 aliphatic rings. The molecule has 3 aromatic carbocycles. The maximum absolute atomic E-state index is 6.18. The van der Waals surface area contributed by atoms with Crippen molar-refractivity contribution in [2.45, 2.75) is 0 Å². The smallest absolute Gasteiger partial charge is 0.110 e. The summed E-state index contributed by atoms with van der Waals surface area (Å²) in [6, 6.07) is 10.9. The lowest BCUT2D eigenvalue weighted by Gasteiger charge is -2.04. The SMILES string of the molecule is Cl.Nc1cc(N)c(N=Nc2ccc(Cl)c(N=Nc3cc(Cl)c(N)cc3N)c2)cc1Cl. The second-order valence-electron chi connectivity index (χ2n) is 5.90. The normalized spacial score (nSPS) is 11.2. The van der Waals surface area contributed by atoms with E-state index in [0.717, 1.165) is 0 Å². The van der Waals surface area contributed by atoms with Gasteiger partial charge in [0, 0.05) is 0 Å². The Balaban J connectivity index is 0.00000320. The average Bonchev–Trinajstić information content (AvgIpc) is 2.67. The molecule has 0 saturated carbocycles. The highest BCUT2D eigenvalue weighted by Gasteiger charge is 2.07. The molecule has 0 unspecified atom stereocenters. The lowest BCUT2D eigenvalue weighted by Crippen LogP contribution is -1.91. The van der Waals surface area contributed by atoms with E-state index in [1.807, 2.05) is 0 Å². The molecule has 12 heteroatoms. The van der Waals surface area contributed by atoms with Crippen LogP contribution in [0.4, 0.5) is 45.5 Å². The van der Waals surface area contributed by atoms with Crippen molar-refractivity contribution in [2.24, 2.45) is 20.5 Å². The van der Waals surface area contributed by atoms with E-state index in [4.69, 9.17) is 57.7 Å². The van der Waals surface area contributed by atoms with Crippen molar-refractivity contribution in [2.75, 3.05) is 22.9 Å². The van der Waals surface area contributed by atoms with Gasteiger partial charge >= 0.3 is 0 Å². The van der Waals surface area contributed by atoms with E-state index in [0.29, 0.717) is 60.6 Å². The van der Waals surface area contributed by atoms with Gasteiger partial charge in [-0.25, -0.2) is 0 Å². The first kappa shape index (κ1) is 23.5. The molecule has 0 spiro atoms. The number of hydrogen-bond acceptors (Lipinski definition) is 8. The summed E-state index contributed by atoms with van der Waals surface area (Å²) in [6.07, 6.45) is 0. The number of halogens is 4. The Morgan fingerprint density at radius 1 is 0.500 bits per heavy atom. The Kier molecular flexibility index (Phi) is 7.69. The molecular formula is C18H16Cl4N8. The molecule has 0 heterocycles. The highest BCUT2D eigenvalue weighted by atomic mass is 35.5. The zero-order valence-corrected chi connectivity index (χ0v) is 18.3. The lowest BCUT2D eigenvalue weighted by atomic mass is 10.2. The molecule has 0 saturated heterocycles. The molecule has 0 bridgehead atoms. The molecule has 3 rings (SSSR count). The van der Waals surface area contributed by atoms with Gasteiger partial charge in [0.2, 0.25) is 0 Å². The number of hydrogen-bond donors (Lipinski definition) is 4. The molecule has 0 fully saturated rings. The van der Waals surface area contributed by atoms with Crippen LogP contribution >= 0.6 is 47.2 Å². The fraction of sp³-hybridized carbons (Fsp3) is 0. The molecular weight excluding hydrogens is 470 g/mol. The molecule has 156 valence electrons. The van der Waals surface area contributed by atoms with Crippen LogP contribution in [0.1, 0.15) is 0 Å². The van der Waals surface area contributed by atoms with Gasteiger partial charge in [-0.15, -0.1) is 27.7 Å². The second kappa shape index (κ2) is 9.82. The van der Waals surface area contributed by atoms with Crippen LogP contribution in [0.5, 0.6) is 0 Å². The predicted octanol–water partition coefficient (Wildman–Crippen LogP) is 7.23. The topological polar surface area (TPSA) is 154 Å². The third-order valence-electron chi connectivity index (χ3n) is 3.76. The van der Waals surface area contributed by atoms with Gasteiger partial charge in [0.1, 0.15) is 17.1 Å². The van der Waals surface area contributed by atoms with Crippen LogP contribution in [0.25, 0.3) is 0 Å². The Bertz CT molecular complexity index is 1150. The Labute approximate surface area is 193 Å². The summed E-state index contributed by atoms with van der Waals surface area (Å²) in [5, 5.41) is 17.4. The van der Waals surface area contributed by atoms with Crippen molar-refractivity contribution in [3.8, 4) is 0 Å². The zero-order valence-electron chi connectivity index (χ0n) is 15.2. The third-order valence-corrected chi connectivity index (χ3v) is 4.73. The minimum absolute atomic E-state index is 0. The van der Waals surface area contributed by atoms with E-state index in [9.17, 15) is 0 Å². The Hall–Kier alpha value is -2.78. The number of nitrogens with two attached hydrogens (primary N) is 4. The van der Waals surface area contributed by atoms with E-state index in [-0.39, 0.29) is 12.4 Å². The van der Waals surface area contributed by atoms with Crippen LogP contribution in [-0.4, -0.2) is 0 Å². The fourth-order valence-electron chi connectivity index (χ4n) is 2.23. The van der Waals surface area contributed by atoms with Crippen LogP contribution < -0.4 is 22.9 Å². The van der Waals surface area contributed by atoms with E-state index in [1.165, 1.54) is 24.3 Å². The monoisotopic (exact) mass is 484 g/mol. The molecule has 0 aliphatic heterocycles. The lowest BCUT2D eigenvalue weighted by molar-refractivity contribution is 1.21. The van der Waals surface area contributed by atoms with Crippen LogP contribution in [-0.2, 0) is 0 Å². The van der Waals surface area contributed by atoms with Crippen molar-refractivity contribution in [3.63, 3.8) is 0 Å². The van der Waals surface area contributed by atoms with Crippen LogP contribution in [0.3, 0.4) is 0 Å². The van der Waals surface area contributed by atoms with Crippen molar-refractivity contribution >= 4 is 92.7 Å². The van der Waals surface area contributed by atoms with Crippen molar-refractivity contribution in [1.82, 2.24) is 0 Å². The Morgan fingerprint density at radius 2 is 0.967 bits per heavy atom. The third kappa shape index (κ3) is 5.43. The van der Waals surface area contributed by atoms with Gasteiger partial charge in [-0.05, 0) is 42.5 Å². The standard InChI is InChI=1S/C18H15Cl3N8.ClH/c19-9-2-1-8(26-28-17-4-10(20)12(22)6-14(17)24)3-16(9)27-29-18-5-11(21)13(23)7-15(18)25;/h1-7H,22-25H2;1H. The summed E-state index contributed by atoms with van der Waals surface area (Å²) in [5.41, 5.74) is 26.1. The maximum atomic E-state index is 6.18. The minimum Gasteiger partial charge on any atom is -0.397 e. The molecule has 0 aromatic heterocycles. The van der Waals surface area contributed by atoms with E-state index in [1.54, 1.807) is 18.2 Å². The molecule has 8 nitrogen and oxygen atoms in total. The molecule has 3 aromatic rings. The van der Waals surface area contributed by atoms with Gasteiger partial charge in [-0.3, -0.25) is 0 Å². The number of benzene rings is 3. The number of nitrogens with zero attached hydrogens (tertiary/aromatic N) is 4. The molecule has 0 radical (unpaired) electrons. The van der Waals surface area contributed by atoms with Gasteiger partial charge in [-0.1, -0.05) is 34.8 Å². The Morgan fingerprint density at radius 3 is 1.50 bits per heavy atom. The van der Waals surface area contributed by atoms with Crippen molar-refractivity contribution < 1.29 is 0 Å². The van der Waals surface area contributed by atoms with E-state index < -0.39 is 0 Å². The maximum Gasteiger partial charge on any atom is 0.110 e.